The van der Waals surface area contributed by atoms with Crippen LogP contribution in [0.1, 0.15) is 59.3 Å². The van der Waals surface area contributed by atoms with Gasteiger partial charge in [0.05, 0.1) is 0 Å². The summed E-state index contributed by atoms with van der Waals surface area (Å²) in [5, 5.41) is 3.34. The molecule has 0 radical (unpaired) electrons. The molecule has 0 bridgehead atoms. The van der Waals surface area contributed by atoms with Crippen LogP contribution < -0.4 is 11.1 Å². The van der Waals surface area contributed by atoms with Gasteiger partial charge in [0.1, 0.15) is 0 Å². The van der Waals surface area contributed by atoms with Gasteiger partial charge in [0.15, 0.2) is 0 Å². The number of carbonyl (C=O) groups is 1. The molecule has 0 atom stereocenters. The molecule has 1 rings (SSSR count). The van der Waals surface area contributed by atoms with E-state index in [1.807, 2.05) is 7.05 Å². The second-order valence-electron chi connectivity index (χ2n) is 6.29. The summed E-state index contributed by atoms with van der Waals surface area (Å²) < 4.78 is 0. The first-order chi connectivity index (χ1) is 7.85. The Morgan fingerprint density at radius 1 is 1.41 bits per heavy atom. The van der Waals surface area contributed by atoms with Crippen molar-refractivity contribution in [3.05, 3.63) is 0 Å². The van der Waals surface area contributed by atoms with E-state index in [2.05, 4.69) is 26.1 Å². The number of hydrogen-bond donors (Lipinski definition) is 2. The molecule has 1 aliphatic rings. The zero-order chi connectivity index (χ0) is 13.1. The first-order valence-electron chi connectivity index (χ1n) is 6.82. The van der Waals surface area contributed by atoms with Crippen molar-refractivity contribution in [1.29, 1.82) is 0 Å². The van der Waals surface area contributed by atoms with E-state index in [9.17, 15) is 4.79 Å². The van der Waals surface area contributed by atoms with Crippen molar-refractivity contribution >= 4 is 5.91 Å². The molecule has 100 valence electrons. The Morgan fingerprint density at radius 3 is 2.29 bits per heavy atom. The lowest BCUT2D eigenvalue weighted by atomic mass is 9.65. The third-order valence-corrected chi connectivity index (χ3v) is 5.00. The Morgan fingerprint density at radius 2 is 1.94 bits per heavy atom. The summed E-state index contributed by atoms with van der Waals surface area (Å²) in [4.78, 5) is 11.1. The topological polar surface area (TPSA) is 55.1 Å². The van der Waals surface area contributed by atoms with Gasteiger partial charge in [0, 0.05) is 12.0 Å². The predicted molar refractivity (Wildman–Crippen MR) is 71.6 cm³/mol. The number of hydrogen-bond acceptors (Lipinski definition) is 2. The molecule has 1 saturated carbocycles. The lowest BCUT2D eigenvalue weighted by Crippen LogP contribution is -2.49. The fraction of sp³-hybridized carbons (Fsp3) is 0.929. The van der Waals surface area contributed by atoms with Crippen molar-refractivity contribution in [3.63, 3.8) is 0 Å². The number of carbonyl (C=O) groups excluding carboxylic acids is 1. The molecule has 3 nitrogen and oxygen atoms in total. The summed E-state index contributed by atoms with van der Waals surface area (Å²) in [7, 11) is 1.95. The second kappa shape index (κ2) is 5.38. The molecule has 1 aliphatic carbocycles. The fourth-order valence-corrected chi connectivity index (χ4v) is 3.09. The average molecular weight is 240 g/mol. The molecule has 0 saturated heterocycles. The van der Waals surface area contributed by atoms with Crippen LogP contribution in [0.5, 0.6) is 0 Å². The van der Waals surface area contributed by atoms with Crippen LogP contribution in [-0.4, -0.2) is 18.5 Å². The summed E-state index contributed by atoms with van der Waals surface area (Å²) >= 11 is 0. The summed E-state index contributed by atoms with van der Waals surface area (Å²) in [5.74, 6) is 0.592. The minimum absolute atomic E-state index is 0.0356. The third kappa shape index (κ3) is 3.44. The summed E-state index contributed by atoms with van der Waals surface area (Å²) in [6.45, 7) is 6.99. The van der Waals surface area contributed by atoms with Gasteiger partial charge >= 0.3 is 0 Å². The quantitative estimate of drug-likeness (QED) is 0.775. The van der Waals surface area contributed by atoms with Crippen molar-refractivity contribution in [3.8, 4) is 0 Å². The maximum atomic E-state index is 11.1. The van der Waals surface area contributed by atoms with E-state index < -0.39 is 0 Å². The molecule has 1 amide bonds. The molecule has 0 aromatic heterocycles. The van der Waals surface area contributed by atoms with Crippen molar-refractivity contribution in [2.45, 2.75) is 64.8 Å². The second-order valence-corrected chi connectivity index (χ2v) is 6.29. The standard InChI is InChI=1S/C14H28N2O/c1-5-13(2,3)11-6-8-14(16-4,9-7-11)10-12(15)17/h11,16H,5-10H2,1-4H3,(H2,15,17). The third-order valence-electron chi connectivity index (χ3n) is 5.00. The Bertz CT molecular complexity index is 265. The van der Waals surface area contributed by atoms with Gasteiger partial charge in [-0.1, -0.05) is 27.2 Å². The average Bonchev–Trinajstić information content (AvgIpc) is 2.29. The molecule has 0 aliphatic heterocycles. The molecule has 0 heterocycles. The predicted octanol–water partition coefficient (Wildman–Crippen LogP) is 2.45. The van der Waals surface area contributed by atoms with E-state index in [1.54, 1.807) is 0 Å². The highest BCUT2D eigenvalue weighted by Crippen LogP contribution is 2.44. The van der Waals surface area contributed by atoms with Crippen molar-refractivity contribution < 1.29 is 4.79 Å². The Hall–Kier alpha value is -0.570. The first-order valence-corrected chi connectivity index (χ1v) is 6.82. The molecule has 1 fully saturated rings. The number of rotatable bonds is 5. The molecule has 17 heavy (non-hydrogen) atoms. The molecule has 3 N–H and O–H groups in total. The summed E-state index contributed by atoms with van der Waals surface area (Å²) in [6, 6.07) is 0. The maximum absolute atomic E-state index is 11.1. The van der Waals surface area contributed by atoms with Gasteiger partial charge in [0.25, 0.3) is 0 Å². The van der Waals surface area contributed by atoms with Crippen LogP contribution in [0.3, 0.4) is 0 Å². The van der Waals surface area contributed by atoms with E-state index in [-0.39, 0.29) is 11.4 Å². The van der Waals surface area contributed by atoms with Gasteiger partial charge in [0.2, 0.25) is 5.91 Å². The largest absolute Gasteiger partial charge is 0.370 e. The van der Waals surface area contributed by atoms with Crippen LogP contribution in [0, 0.1) is 11.3 Å². The highest BCUT2D eigenvalue weighted by atomic mass is 16.1. The number of nitrogens with two attached hydrogens (primary N) is 1. The van der Waals surface area contributed by atoms with Crippen LogP contribution in [0.2, 0.25) is 0 Å². The minimum Gasteiger partial charge on any atom is -0.370 e. The summed E-state index contributed by atoms with van der Waals surface area (Å²) in [6.07, 6.45) is 6.24. The van der Waals surface area contributed by atoms with Crippen LogP contribution in [0.15, 0.2) is 0 Å². The van der Waals surface area contributed by atoms with Crippen LogP contribution in [-0.2, 0) is 4.79 Å². The van der Waals surface area contributed by atoms with Crippen molar-refractivity contribution in [2.24, 2.45) is 17.1 Å². The van der Waals surface area contributed by atoms with E-state index in [4.69, 9.17) is 5.73 Å². The van der Waals surface area contributed by atoms with E-state index >= 15 is 0 Å². The highest BCUT2D eigenvalue weighted by molar-refractivity contribution is 5.75. The molecule has 0 aromatic carbocycles. The maximum Gasteiger partial charge on any atom is 0.219 e. The molecule has 0 unspecified atom stereocenters. The Balaban J connectivity index is 2.62. The van der Waals surface area contributed by atoms with Gasteiger partial charge < -0.3 is 11.1 Å². The van der Waals surface area contributed by atoms with Crippen LogP contribution in [0.4, 0.5) is 0 Å². The monoisotopic (exact) mass is 240 g/mol. The van der Waals surface area contributed by atoms with Crippen molar-refractivity contribution in [1.82, 2.24) is 5.32 Å². The Kier molecular flexibility index (Phi) is 4.59. The minimum atomic E-state index is -0.187. The zero-order valence-electron chi connectivity index (χ0n) is 11.8. The van der Waals surface area contributed by atoms with Gasteiger partial charge in [-0.25, -0.2) is 0 Å². The smallest absolute Gasteiger partial charge is 0.219 e. The van der Waals surface area contributed by atoms with Gasteiger partial charge in [-0.05, 0) is 44.1 Å². The van der Waals surface area contributed by atoms with Crippen molar-refractivity contribution in [2.75, 3.05) is 7.05 Å². The van der Waals surface area contributed by atoms with E-state index in [0.717, 1.165) is 18.8 Å². The van der Waals surface area contributed by atoms with Crippen LogP contribution >= 0.6 is 0 Å². The molecular weight excluding hydrogens is 212 g/mol. The van der Waals surface area contributed by atoms with Gasteiger partial charge in [-0.2, -0.15) is 0 Å². The molecule has 3 heteroatoms. The lowest BCUT2D eigenvalue weighted by Gasteiger charge is -2.44. The van der Waals surface area contributed by atoms with E-state index in [0.29, 0.717) is 11.8 Å². The van der Waals surface area contributed by atoms with Gasteiger partial charge in [-0.15, -0.1) is 0 Å². The normalized spacial score (nSPS) is 30.2. The first kappa shape index (κ1) is 14.5. The van der Waals surface area contributed by atoms with Gasteiger partial charge in [-0.3, -0.25) is 4.79 Å². The fourth-order valence-electron chi connectivity index (χ4n) is 3.09. The summed E-state index contributed by atoms with van der Waals surface area (Å²) in [5.41, 5.74) is 5.74. The van der Waals surface area contributed by atoms with E-state index in [1.165, 1.54) is 19.3 Å². The molecular formula is C14H28N2O. The number of amides is 1. The Labute approximate surface area is 106 Å². The van der Waals surface area contributed by atoms with Crippen LogP contribution in [0.25, 0.3) is 0 Å². The SMILES string of the molecule is CCC(C)(C)C1CCC(CC(N)=O)(NC)CC1. The zero-order valence-corrected chi connectivity index (χ0v) is 11.8. The lowest BCUT2D eigenvalue weighted by molar-refractivity contribution is -0.120. The number of primary amides is 1. The molecule has 0 aromatic rings. The highest BCUT2D eigenvalue weighted by Gasteiger charge is 2.39. The molecule has 0 spiro atoms. The number of nitrogens with one attached hydrogen (secondary N) is 1.